The molecule has 2 bridgehead atoms. The largest absolute Gasteiger partial charge is 0.356 e. The highest BCUT2D eigenvalue weighted by atomic mass is 16.2. The molecule has 4 nitrogen and oxygen atoms in total. The van der Waals surface area contributed by atoms with Crippen molar-refractivity contribution in [2.45, 2.75) is 64.2 Å². The SMILES string of the molecule is O=C(C[C@@H]1C[C@H]2CC[C@H]1C2)NCCCN1CCCCCC1=O. The standard InChI is InChI=1S/C18H30N2O2/c21-17(13-16-12-14-6-7-15(16)11-14)19-8-4-10-20-9-3-1-2-5-18(20)22/h14-16H,1-13H2,(H,19,21)/t14-,15-,16-/m0/s1. The molecule has 2 saturated carbocycles. The van der Waals surface area contributed by atoms with Crippen LogP contribution in [-0.4, -0.2) is 36.3 Å². The Morgan fingerprint density at radius 2 is 2.09 bits per heavy atom. The first-order valence-electron chi connectivity index (χ1n) is 9.27. The van der Waals surface area contributed by atoms with Crippen LogP contribution in [0.3, 0.4) is 0 Å². The summed E-state index contributed by atoms with van der Waals surface area (Å²) in [5.41, 5.74) is 0. The quantitative estimate of drug-likeness (QED) is 0.767. The van der Waals surface area contributed by atoms with Crippen LogP contribution in [0, 0.1) is 17.8 Å². The zero-order valence-corrected chi connectivity index (χ0v) is 13.7. The Morgan fingerprint density at radius 1 is 1.18 bits per heavy atom. The normalized spacial score (nSPS) is 31.4. The Balaban J connectivity index is 1.29. The van der Waals surface area contributed by atoms with Gasteiger partial charge in [-0.25, -0.2) is 0 Å². The van der Waals surface area contributed by atoms with Crippen molar-refractivity contribution in [1.29, 1.82) is 0 Å². The van der Waals surface area contributed by atoms with Crippen LogP contribution in [-0.2, 0) is 9.59 Å². The Hall–Kier alpha value is -1.06. The molecule has 124 valence electrons. The van der Waals surface area contributed by atoms with Gasteiger partial charge in [0.15, 0.2) is 0 Å². The number of hydrogen-bond donors (Lipinski definition) is 1. The fraction of sp³-hybridized carbons (Fsp3) is 0.889. The topological polar surface area (TPSA) is 49.4 Å². The number of carbonyl (C=O) groups is 2. The molecule has 1 heterocycles. The third-order valence-electron chi connectivity index (χ3n) is 5.93. The molecule has 1 saturated heterocycles. The summed E-state index contributed by atoms with van der Waals surface area (Å²) in [6.45, 7) is 2.41. The molecule has 2 amide bonds. The molecule has 0 aromatic heterocycles. The molecule has 2 aliphatic carbocycles. The summed E-state index contributed by atoms with van der Waals surface area (Å²) in [7, 11) is 0. The minimum absolute atomic E-state index is 0.222. The molecule has 0 aromatic carbocycles. The van der Waals surface area contributed by atoms with Gasteiger partial charge in [-0.05, 0) is 56.3 Å². The zero-order chi connectivity index (χ0) is 15.4. The van der Waals surface area contributed by atoms with E-state index in [0.29, 0.717) is 24.8 Å². The van der Waals surface area contributed by atoms with Gasteiger partial charge in [-0.3, -0.25) is 9.59 Å². The number of nitrogens with one attached hydrogen (secondary N) is 1. The van der Waals surface area contributed by atoms with Crippen LogP contribution in [0.15, 0.2) is 0 Å². The fourth-order valence-corrected chi connectivity index (χ4v) is 4.71. The molecule has 1 aliphatic heterocycles. The Labute approximate surface area is 134 Å². The van der Waals surface area contributed by atoms with Crippen molar-refractivity contribution in [2.24, 2.45) is 17.8 Å². The van der Waals surface area contributed by atoms with E-state index in [4.69, 9.17) is 0 Å². The first-order chi connectivity index (χ1) is 10.7. The van der Waals surface area contributed by atoms with Crippen molar-refractivity contribution in [3.05, 3.63) is 0 Å². The van der Waals surface area contributed by atoms with Crippen molar-refractivity contribution in [3.63, 3.8) is 0 Å². The van der Waals surface area contributed by atoms with Gasteiger partial charge < -0.3 is 10.2 Å². The van der Waals surface area contributed by atoms with E-state index < -0.39 is 0 Å². The highest BCUT2D eigenvalue weighted by Crippen LogP contribution is 2.49. The van der Waals surface area contributed by atoms with Crippen LogP contribution in [0.5, 0.6) is 0 Å². The van der Waals surface area contributed by atoms with E-state index >= 15 is 0 Å². The van der Waals surface area contributed by atoms with Gasteiger partial charge >= 0.3 is 0 Å². The molecule has 3 aliphatic rings. The van der Waals surface area contributed by atoms with Crippen LogP contribution in [0.4, 0.5) is 0 Å². The predicted molar refractivity (Wildman–Crippen MR) is 86.2 cm³/mol. The lowest BCUT2D eigenvalue weighted by Crippen LogP contribution is -2.34. The van der Waals surface area contributed by atoms with Crippen LogP contribution < -0.4 is 5.32 Å². The van der Waals surface area contributed by atoms with Crippen molar-refractivity contribution in [2.75, 3.05) is 19.6 Å². The maximum atomic E-state index is 12.1. The van der Waals surface area contributed by atoms with E-state index in [1.807, 2.05) is 4.90 Å². The maximum Gasteiger partial charge on any atom is 0.222 e. The first-order valence-corrected chi connectivity index (χ1v) is 9.27. The Kier molecular flexibility index (Phi) is 5.37. The monoisotopic (exact) mass is 306 g/mol. The average Bonchev–Trinajstić information content (AvgIpc) is 3.05. The van der Waals surface area contributed by atoms with E-state index in [1.54, 1.807) is 0 Å². The van der Waals surface area contributed by atoms with E-state index in [0.717, 1.165) is 50.6 Å². The summed E-state index contributed by atoms with van der Waals surface area (Å²) in [6, 6.07) is 0. The molecular weight excluding hydrogens is 276 g/mol. The van der Waals surface area contributed by atoms with E-state index in [2.05, 4.69) is 5.32 Å². The smallest absolute Gasteiger partial charge is 0.222 e. The second-order valence-corrected chi connectivity index (χ2v) is 7.53. The van der Waals surface area contributed by atoms with Gasteiger partial charge in [0.2, 0.25) is 11.8 Å². The first kappa shape index (κ1) is 15.8. The highest BCUT2D eigenvalue weighted by Gasteiger charge is 2.39. The minimum Gasteiger partial charge on any atom is -0.356 e. The van der Waals surface area contributed by atoms with Gasteiger partial charge in [-0.2, -0.15) is 0 Å². The van der Waals surface area contributed by atoms with Crippen LogP contribution >= 0.6 is 0 Å². The van der Waals surface area contributed by atoms with Crippen molar-refractivity contribution < 1.29 is 9.59 Å². The number of amides is 2. The minimum atomic E-state index is 0.222. The molecule has 22 heavy (non-hydrogen) atoms. The summed E-state index contributed by atoms with van der Waals surface area (Å²) >= 11 is 0. The summed E-state index contributed by atoms with van der Waals surface area (Å²) in [5.74, 6) is 2.90. The molecule has 0 radical (unpaired) electrons. The van der Waals surface area contributed by atoms with Crippen LogP contribution in [0.1, 0.15) is 64.2 Å². The van der Waals surface area contributed by atoms with Gasteiger partial charge in [0.1, 0.15) is 0 Å². The number of hydrogen-bond acceptors (Lipinski definition) is 2. The van der Waals surface area contributed by atoms with E-state index in [-0.39, 0.29) is 5.91 Å². The lowest BCUT2D eigenvalue weighted by molar-refractivity contribution is -0.130. The lowest BCUT2D eigenvalue weighted by atomic mass is 9.86. The summed E-state index contributed by atoms with van der Waals surface area (Å²) in [4.78, 5) is 25.9. The van der Waals surface area contributed by atoms with Gasteiger partial charge in [0, 0.05) is 32.5 Å². The second kappa shape index (κ2) is 7.47. The molecule has 0 unspecified atom stereocenters. The van der Waals surface area contributed by atoms with Crippen molar-refractivity contribution in [1.82, 2.24) is 10.2 Å². The average molecular weight is 306 g/mol. The van der Waals surface area contributed by atoms with Crippen LogP contribution in [0.2, 0.25) is 0 Å². The number of nitrogens with zero attached hydrogens (tertiary/aromatic N) is 1. The molecule has 0 aromatic rings. The van der Waals surface area contributed by atoms with Crippen molar-refractivity contribution in [3.8, 4) is 0 Å². The van der Waals surface area contributed by atoms with Gasteiger partial charge in [0.25, 0.3) is 0 Å². The zero-order valence-electron chi connectivity index (χ0n) is 13.7. The molecular formula is C18H30N2O2. The molecule has 4 heteroatoms. The lowest BCUT2D eigenvalue weighted by Gasteiger charge is -2.22. The van der Waals surface area contributed by atoms with Crippen molar-refractivity contribution >= 4 is 11.8 Å². The van der Waals surface area contributed by atoms with E-state index in [9.17, 15) is 9.59 Å². The summed E-state index contributed by atoms with van der Waals surface area (Å²) in [5, 5.41) is 3.06. The van der Waals surface area contributed by atoms with Gasteiger partial charge in [0.05, 0.1) is 0 Å². The molecule has 3 fully saturated rings. The third-order valence-corrected chi connectivity index (χ3v) is 5.93. The van der Waals surface area contributed by atoms with Gasteiger partial charge in [-0.15, -0.1) is 0 Å². The molecule has 3 rings (SSSR count). The van der Waals surface area contributed by atoms with E-state index in [1.165, 1.54) is 32.1 Å². The highest BCUT2D eigenvalue weighted by molar-refractivity contribution is 5.77. The maximum absolute atomic E-state index is 12.1. The molecule has 3 atom stereocenters. The second-order valence-electron chi connectivity index (χ2n) is 7.53. The summed E-state index contributed by atoms with van der Waals surface area (Å²) in [6.07, 6.45) is 11.0. The fourth-order valence-electron chi connectivity index (χ4n) is 4.71. The molecule has 1 N–H and O–H groups in total. The Bertz CT molecular complexity index is 410. The number of rotatable bonds is 6. The Morgan fingerprint density at radius 3 is 2.86 bits per heavy atom. The third kappa shape index (κ3) is 4.02. The number of carbonyl (C=O) groups excluding carboxylic acids is 2. The molecule has 0 spiro atoms. The van der Waals surface area contributed by atoms with Gasteiger partial charge in [-0.1, -0.05) is 12.8 Å². The predicted octanol–water partition coefficient (Wildman–Crippen LogP) is 2.72. The number of fused-ring (bicyclic) bond motifs is 2. The summed E-state index contributed by atoms with van der Waals surface area (Å²) < 4.78 is 0. The van der Waals surface area contributed by atoms with Crippen LogP contribution in [0.25, 0.3) is 0 Å². The number of likely N-dealkylation sites (tertiary alicyclic amines) is 1.